The molecule has 4 nitrogen and oxygen atoms in total. The molecule has 0 atom stereocenters. The van der Waals surface area contributed by atoms with E-state index in [-0.39, 0.29) is 0 Å². The average Bonchev–Trinajstić information content (AvgIpc) is 2.52. The minimum Gasteiger partial charge on any atom is -0.497 e. The lowest BCUT2D eigenvalue weighted by Crippen LogP contribution is -2.17. The minimum absolute atomic E-state index is 0.820. The molecule has 2 aromatic rings. The lowest BCUT2D eigenvalue weighted by Gasteiger charge is -2.22. The Labute approximate surface area is 120 Å². The van der Waals surface area contributed by atoms with Gasteiger partial charge in [-0.25, -0.2) is 0 Å². The minimum atomic E-state index is 0.820. The van der Waals surface area contributed by atoms with E-state index in [1.807, 2.05) is 30.6 Å². The molecule has 0 aliphatic rings. The lowest BCUT2D eigenvalue weighted by molar-refractivity contribution is 0.415. The molecule has 0 aliphatic heterocycles. The number of pyridine rings is 1. The van der Waals surface area contributed by atoms with Gasteiger partial charge in [-0.05, 0) is 36.9 Å². The van der Waals surface area contributed by atoms with Gasteiger partial charge in [0.25, 0.3) is 0 Å². The van der Waals surface area contributed by atoms with Crippen LogP contribution in [-0.4, -0.2) is 25.7 Å². The van der Waals surface area contributed by atoms with Crippen LogP contribution in [0.5, 0.6) is 5.75 Å². The van der Waals surface area contributed by atoms with Crippen LogP contribution in [0.25, 0.3) is 0 Å². The van der Waals surface area contributed by atoms with Crippen molar-refractivity contribution in [1.82, 2.24) is 10.3 Å². The van der Waals surface area contributed by atoms with Crippen molar-refractivity contribution in [3.05, 3.63) is 48.3 Å². The number of hydrogen-bond acceptors (Lipinski definition) is 4. The van der Waals surface area contributed by atoms with Crippen LogP contribution in [-0.2, 0) is 6.54 Å². The molecule has 1 aromatic carbocycles. The standard InChI is InChI=1S/C16H21N3O/c1-4-17-11-13-12-18-10-9-16(13)19(2)14-5-7-15(20-3)8-6-14/h5-10,12,17H,4,11H2,1-3H3. The zero-order valence-electron chi connectivity index (χ0n) is 12.3. The largest absolute Gasteiger partial charge is 0.497 e. The van der Waals surface area contributed by atoms with E-state index in [1.54, 1.807) is 7.11 Å². The van der Waals surface area contributed by atoms with Gasteiger partial charge < -0.3 is 15.0 Å². The number of nitrogens with one attached hydrogen (secondary N) is 1. The molecule has 106 valence electrons. The van der Waals surface area contributed by atoms with Crippen LogP contribution >= 0.6 is 0 Å². The molecular formula is C16H21N3O. The van der Waals surface area contributed by atoms with E-state index in [9.17, 15) is 0 Å². The van der Waals surface area contributed by atoms with Crippen molar-refractivity contribution in [3.8, 4) is 5.75 Å². The quantitative estimate of drug-likeness (QED) is 0.876. The van der Waals surface area contributed by atoms with Crippen LogP contribution in [0, 0.1) is 0 Å². The fourth-order valence-electron chi connectivity index (χ4n) is 2.09. The Hall–Kier alpha value is -2.07. The van der Waals surface area contributed by atoms with E-state index in [0.29, 0.717) is 0 Å². The summed E-state index contributed by atoms with van der Waals surface area (Å²) in [5.74, 6) is 0.866. The molecule has 1 heterocycles. The molecule has 0 saturated heterocycles. The van der Waals surface area contributed by atoms with Gasteiger partial charge in [-0.3, -0.25) is 4.98 Å². The molecule has 0 aliphatic carbocycles. The van der Waals surface area contributed by atoms with Crippen molar-refractivity contribution < 1.29 is 4.74 Å². The molecule has 0 amide bonds. The maximum atomic E-state index is 5.19. The molecule has 0 bridgehead atoms. The highest BCUT2D eigenvalue weighted by Crippen LogP contribution is 2.27. The number of benzene rings is 1. The van der Waals surface area contributed by atoms with Crippen molar-refractivity contribution >= 4 is 11.4 Å². The normalized spacial score (nSPS) is 10.3. The van der Waals surface area contributed by atoms with Gasteiger partial charge in [-0.15, -0.1) is 0 Å². The molecule has 0 saturated carbocycles. The van der Waals surface area contributed by atoms with E-state index < -0.39 is 0 Å². The van der Waals surface area contributed by atoms with Gasteiger partial charge >= 0.3 is 0 Å². The van der Waals surface area contributed by atoms with Crippen LogP contribution < -0.4 is 15.0 Å². The third-order valence-electron chi connectivity index (χ3n) is 3.26. The van der Waals surface area contributed by atoms with E-state index >= 15 is 0 Å². The summed E-state index contributed by atoms with van der Waals surface area (Å²) in [7, 11) is 3.74. The third kappa shape index (κ3) is 3.27. The molecule has 20 heavy (non-hydrogen) atoms. The molecule has 0 spiro atoms. The molecule has 0 unspecified atom stereocenters. The van der Waals surface area contributed by atoms with E-state index in [0.717, 1.165) is 30.2 Å². The second-order valence-electron chi connectivity index (χ2n) is 4.54. The number of aromatic nitrogens is 1. The van der Waals surface area contributed by atoms with Crippen molar-refractivity contribution in [3.63, 3.8) is 0 Å². The number of ether oxygens (including phenoxy) is 1. The maximum Gasteiger partial charge on any atom is 0.119 e. The average molecular weight is 271 g/mol. The number of hydrogen-bond donors (Lipinski definition) is 1. The van der Waals surface area contributed by atoms with Crippen molar-refractivity contribution in [2.45, 2.75) is 13.5 Å². The Bertz CT molecular complexity index is 540. The number of nitrogens with zero attached hydrogens (tertiary/aromatic N) is 2. The Morgan fingerprint density at radius 2 is 1.95 bits per heavy atom. The first-order chi connectivity index (χ1) is 9.76. The molecular weight excluding hydrogens is 250 g/mol. The summed E-state index contributed by atoms with van der Waals surface area (Å²) < 4.78 is 5.19. The highest BCUT2D eigenvalue weighted by Gasteiger charge is 2.09. The summed E-state index contributed by atoms with van der Waals surface area (Å²) in [6.45, 7) is 3.87. The molecule has 0 fully saturated rings. The van der Waals surface area contributed by atoms with Crippen LogP contribution in [0.3, 0.4) is 0 Å². The first kappa shape index (κ1) is 14.3. The van der Waals surface area contributed by atoms with E-state index in [2.05, 4.69) is 41.3 Å². The first-order valence-corrected chi connectivity index (χ1v) is 6.77. The SMILES string of the molecule is CCNCc1cnccc1N(C)c1ccc(OC)cc1. The van der Waals surface area contributed by atoms with Crippen LogP contribution in [0.1, 0.15) is 12.5 Å². The monoisotopic (exact) mass is 271 g/mol. The summed E-state index contributed by atoms with van der Waals surface area (Å²) in [5, 5.41) is 3.34. The molecule has 2 rings (SSSR count). The fourth-order valence-corrected chi connectivity index (χ4v) is 2.09. The van der Waals surface area contributed by atoms with E-state index in [1.165, 1.54) is 5.56 Å². The molecule has 1 aromatic heterocycles. The van der Waals surface area contributed by atoms with Gasteiger partial charge in [0.2, 0.25) is 0 Å². The second-order valence-corrected chi connectivity index (χ2v) is 4.54. The zero-order chi connectivity index (χ0) is 14.4. The summed E-state index contributed by atoms with van der Waals surface area (Å²) in [4.78, 5) is 6.38. The van der Waals surface area contributed by atoms with Gasteiger partial charge in [0, 0.05) is 42.9 Å². The first-order valence-electron chi connectivity index (χ1n) is 6.77. The molecule has 0 radical (unpaired) electrons. The van der Waals surface area contributed by atoms with Crippen LogP contribution in [0.15, 0.2) is 42.7 Å². The van der Waals surface area contributed by atoms with Gasteiger partial charge in [0.1, 0.15) is 5.75 Å². The zero-order valence-corrected chi connectivity index (χ0v) is 12.3. The van der Waals surface area contributed by atoms with Gasteiger partial charge in [0.15, 0.2) is 0 Å². The number of methoxy groups -OCH3 is 1. The number of anilines is 2. The Kier molecular flexibility index (Phi) is 4.96. The summed E-state index contributed by atoms with van der Waals surface area (Å²) >= 11 is 0. The predicted molar refractivity (Wildman–Crippen MR) is 82.7 cm³/mol. The summed E-state index contributed by atoms with van der Waals surface area (Å²) in [5.41, 5.74) is 3.47. The van der Waals surface area contributed by atoms with E-state index in [4.69, 9.17) is 4.74 Å². The third-order valence-corrected chi connectivity index (χ3v) is 3.26. The fraction of sp³-hybridized carbons (Fsp3) is 0.312. The van der Waals surface area contributed by atoms with Crippen molar-refractivity contribution in [2.24, 2.45) is 0 Å². The Morgan fingerprint density at radius 3 is 2.60 bits per heavy atom. The summed E-state index contributed by atoms with van der Waals surface area (Å²) in [6.07, 6.45) is 3.74. The molecule has 1 N–H and O–H groups in total. The van der Waals surface area contributed by atoms with Gasteiger partial charge in [0.05, 0.1) is 7.11 Å². The topological polar surface area (TPSA) is 37.4 Å². The predicted octanol–water partition coefficient (Wildman–Crippen LogP) is 2.97. The van der Waals surface area contributed by atoms with Crippen molar-refractivity contribution in [1.29, 1.82) is 0 Å². The second kappa shape index (κ2) is 6.91. The van der Waals surface area contributed by atoms with Gasteiger partial charge in [-0.1, -0.05) is 6.92 Å². The van der Waals surface area contributed by atoms with Gasteiger partial charge in [-0.2, -0.15) is 0 Å². The van der Waals surface area contributed by atoms with Crippen LogP contribution in [0.2, 0.25) is 0 Å². The number of rotatable bonds is 6. The highest BCUT2D eigenvalue weighted by molar-refractivity contribution is 5.65. The summed E-state index contributed by atoms with van der Waals surface area (Å²) in [6, 6.07) is 10.1. The van der Waals surface area contributed by atoms with Crippen molar-refractivity contribution in [2.75, 3.05) is 25.6 Å². The smallest absolute Gasteiger partial charge is 0.119 e. The highest BCUT2D eigenvalue weighted by atomic mass is 16.5. The molecule has 4 heteroatoms. The van der Waals surface area contributed by atoms with Crippen LogP contribution in [0.4, 0.5) is 11.4 Å². The maximum absolute atomic E-state index is 5.19. The Morgan fingerprint density at radius 1 is 1.20 bits per heavy atom. The lowest BCUT2D eigenvalue weighted by atomic mass is 10.2. The Balaban J connectivity index is 2.24.